The standard InChI is InChI=1S/C15H19N3O5/c19-14(17-9-3-4-11(17)10-15(20)21)7-8-16-12-5-1-2-6-13(12)18(22)23/h1-2,5-6,11,16H,3-4,7-10H2,(H,20,21). The second-order valence-corrected chi connectivity index (χ2v) is 5.43. The van der Waals surface area contributed by atoms with Gasteiger partial charge in [0.05, 0.1) is 11.3 Å². The van der Waals surface area contributed by atoms with Gasteiger partial charge in [-0.05, 0) is 18.9 Å². The van der Waals surface area contributed by atoms with E-state index in [1.54, 1.807) is 23.1 Å². The van der Waals surface area contributed by atoms with Crippen LogP contribution in [0.25, 0.3) is 0 Å². The first kappa shape index (κ1) is 16.7. The molecule has 23 heavy (non-hydrogen) atoms. The van der Waals surface area contributed by atoms with Crippen LogP contribution >= 0.6 is 0 Å². The molecule has 0 radical (unpaired) electrons. The van der Waals surface area contributed by atoms with Crippen molar-refractivity contribution in [3.8, 4) is 0 Å². The summed E-state index contributed by atoms with van der Waals surface area (Å²) in [5, 5.41) is 22.7. The monoisotopic (exact) mass is 321 g/mol. The van der Waals surface area contributed by atoms with Crippen molar-refractivity contribution < 1.29 is 19.6 Å². The third kappa shape index (κ3) is 4.41. The molecule has 0 aliphatic carbocycles. The maximum Gasteiger partial charge on any atom is 0.305 e. The van der Waals surface area contributed by atoms with E-state index >= 15 is 0 Å². The highest BCUT2D eigenvalue weighted by molar-refractivity contribution is 5.78. The van der Waals surface area contributed by atoms with Gasteiger partial charge in [0.2, 0.25) is 5.91 Å². The Morgan fingerprint density at radius 3 is 2.83 bits per heavy atom. The molecule has 8 nitrogen and oxygen atoms in total. The molecule has 2 rings (SSSR count). The fourth-order valence-electron chi connectivity index (χ4n) is 2.81. The maximum atomic E-state index is 12.2. The molecule has 1 heterocycles. The minimum Gasteiger partial charge on any atom is -0.481 e. The minimum atomic E-state index is -0.910. The fraction of sp³-hybridized carbons (Fsp3) is 0.467. The van der Waals surface area contributed by atoms with Gasteiger partial charge in [-0.3, -0.25) is 19.7 Å². The molecule has 0 saturated carbocycles. The van der Waals surface area contributed by atoms with Crippen molar-refractivity contribution in [2.45, 2.75) is 31.7 Å². The average Bonchev–Trinajstić information content (AvgIpc) is 2.94. The SMILES string of the molecule is O=C(O)CC1CCCN1C(=O)CCNc1ccccc1[N+](=O)[O-]. The van der Waals surface area contributed by atoms with E-state index in [4.69, 9.17) is 5.11 Å². The molecule has 0 spiro atoms. The number of amides is 1. The summed E-state index contributed by atoms with van der Waals surface area (Å²) in [6.07, 6.45) is 1.64. The number of nitro groups is 1. The summed E-state index contributed by atoms with van der Waals surface area (Å²) >= 11 is 0. The summed E-state index contributed by atoms with van der Waals surface area (Å²) in [7, 11) is 0. The van der Waals surface area contributed by atoms with Gasteiger partial charge in [-0.2, -0.15) is 0 Å². The van der Waals surface area contributed by atoms with Gasteiger partial charge >= 0.3 is 5.97 Å². The van der Waals surface area contributed by atoms with E-state index < -0.39 is 10.9 Å². The molecule has 1 unspecified atom stereocenters. The zero-order valence-corrected chi connectivity index (χ0v) is 12.6. The lowest BCUT2D eigenvalue weighted by Gasteiger charge is -2.23. The van der Waals surface area contributed by atoms with E-state index in [0.29, 0.717) is 18.7 Å². The number of nitrogens with one attached hydrogen (secondary N) is 1. The molecular formula is C15H19N3O5. The molecule has 0 aromatic heterocycles. The molecule has 2 N–H and O–H groups in total. The Kier molecular flexibility index (Phi) is 5.51. The normalized spacial score (nSPS) is 17.0. The number of carbonyl (C=O) groups is 2. The number of carbonyl (C=O) groups excluding carboxylic acids is 1. The molecule has 1 saturated heterocycles. The molecule has 1 atom stereocenters. The molecule has 124 valence electrons. The zero-order valence-electron chi connectivity index (χ0n) is 12.6. The van der Waals surface area contributed by atoms with E-state index in [2.05, 4.69) is 5.32 Å². The van der Waals surface area contributed by atoms with Crippen molar-refractivity contribution in [3.05, 3.63) is 34.4 Å². The highest BCUT2D eigenvalue weighted by Crippen LogP contribution is 2.24. The van der Waals surface area contributed by atoms with Gasteiger partial charge in [0.1, 0.15) is 5.69 Å². The van der Waals surface area contributed by atoms with Crippen LogP contribution in [0.4, 0.5) is 11.4 Å². The van der Waals surface area contributed by atoms with Crippen LogP contribution in [-0.4, -0.2) is 45.9 Å². The topological polar surface area (TPSA) is 113 Å². The second kappa shape index (κ2) is 7.57. The molecule has 1 amide bonds. The first-order valence-corrected chi connectivity index (χ1v) is 7.47. The third-order valence-electron chi connectivity index (χ3n) is 3.86. The number of hydrogen-bond acceptors (Lipinski definition) is 5. The molecule has 1 fully saturated rings. The summed E-state index contributed by atoms with van der Waals surface area (Å²) in [6.45, 7) is 0.836. The number of likely N-dealkylation sites (tertiary alicyclic amines) is 1. The largest absolute Gasteiger partial charge is 0.481 e. The lowest BCUT2D eigenvalue weighted by atomic mass is 10.1. The van der Waals surface area contributed by atoms with Crippen LogP contribution in [0, 0.1) is 10.1 Å². The van der Waals surface area contributed by atoms with Crippen molar-refractivity contribution >= 4 is 23.3 Å². The highest BCUT2D eigenvalue weighted by Gasteiger charge is 2.29. The van der Waals surface area contributed by atoms with E-state index in [-0.39, 0.29) is 37.0 Å². The summed E-state index contributed by atoms with van der Waals surface area (Å²) in [5.74, 6) is -1.03. The van der Waals surface area contributed by atoms with Gasteiger partial charge in [-0.15, -0.1) is 0 Å². The van der Waals surface area contributed by atoms with Crippen molar-refractivity contribution in [2.24, 2.45) is 0 Å². The van der Waals surface area contributed by atoms with Crippen LogP contribution in [-0.2, 0) is 9.59 Å². The average molecular weight is 321 g/mol. The van der Waals surface area contributed by atoms with E-state index in [9.17, 15) is 19.7 Å². The maximum absolute atomic E-state index is 12.2. The Hall–Kier alpha value is -2.64. The molecule has 1 aromatic carbocycles. The van der Waals surface area contributed by atoms with E-state index in [0.717, 1.165) is 6.42 Å². The summed E-state index contributed by atoms with van der Waals surface area (Å²) in [5.41, 5.74) is 0.332. The van der Waals surface area contributed by atoms with E-state index in [1.165, 1.54) is 6.07 Å². The molecular weight excluding hydrogens is 302 g/mol. The van der Waals surface area contributed by atoms with Crippen LogP contribution in [0.5, 0.6) is 0 Å². The number of nitrogens with zero attached hydrogens (tertiary/aromatic N) is 2. The predicted octanol–water partition coefficient (Wildman–Crippen LogP) is 1.86. The van der Waals surface area contributed by atoms with E-state index in [1.807, 2.05) is 0 Å². The van der Waals surface area contributed by atoms with Gasteiger partial charge < -0.3 is 15.3 Å². The molecule has 1 aromatic rings. The quantitative estimate of drug-likeness (QED) is 0.585. The second-order valence-electron chi connectivity index (χ2n) is 5.43. The number of carboxylic acids is 1. The fourth-order valence-corrected chi connectivity index (χ4v) is 2.81. The Morgan fingerprint density at radius 2 is 2.13 bits per heavy atom. The first-order chi connectivity index (χ1) is 11.0. The van der Waals surface area contributed by atoms with Crippen LogP contribution < -0.4 is 5.32 Å². The molecule has 1 aliphatic heterocycles. The highest BCUT2D eigenvalue weighted by atomic mass is 16.6. The van der Waals surface area contributed by atoms with Crippen molar-refractivity contribution in [3.63, 3.8) is 0 Å². The Morgan fingerprint density at radius 1 is 1.39 bits per heavy atom. The summed E-state index contributed by atoms with van der Waals surface area (Å²) in [6, 6.07) is 6.00. The number of para-hydroxylation sites is 2. The summed E-state index contributed by atoms with van der Waals surface area (Å²) < 4.78 is 0. The number of anilines is 1. The molecule has 0 bridgehead atoms. The van der Waals surface area contributed by atoms with Crippen LogP contribution in [0.3, 0.4) is 0 Å². The number of carboxylic acid groups (broad SMARTS) is 1. The van der Waals surface area contributed by atoms with Gasteiger partial charge in [0.15, 0.2) is 0 Å². The van der Waals surface area contributed by atoms with Crippen molar-refractivity contribution in [1.29, 1.82) is 0 Å². The Balaban J connectivity index is 1.88. The van der Waals surface area contributed by atoms with Crippen LogP contribution in [0.15, 0.2) is 24.3 Å². The number of hydrogen-bond donors (Lipinski definition) is 2. The number of nitro benzene ring substituents is 1. The lowest BCUT2D eigenvalue weighted by Crippen LogP contribution is -2.37. The predicted molar refractivity (Wildman–Crippen MR) is 83.2 cm³/mol. The number of benzene rings is 1. The van der Waals surface area contributed by atoms with Gasteiger partial charge in [0, 0.05) is 31.6 Å². The van der Waals surface area contributed by atoms with Crippen molar-refractivity contribution in [1.82, 2.24) is 4.90 Å². The van der Waals surface area contributed by atoms with Crippen molar-refractivity contribution in [2.75, 3.05) is 18.4 Å². The smallest absolute Gasteiger partial charge is 0.305 e. The number of aliphatic carboxylic acids is 1. The Bertz CT molecular complexity index is 605. The Labute approximate surface area is 133 Å². The minimum absolute atomic E-state index is 0.0372. The first-order valence-electron chi connectivity index (χ1n) is 7.47. The van der Waals surface area contributed by atoms with Gasteiger partial charge in [-0.25, -0.2) is 0 Å². The zero-order chi connectivity index (χ0) is 16.8. The van der Waals surface area contributed by atoms with Crippen LogP contribution in [0.1, 0.15) is 25.7 Å². The molecule has 1 aliphatic rings. The van der Waals surface area contributed by atoms with Crippen LogP contribution in [0.2, 0.25) is 0 Å². The van der Waals surface area contributed by atoms with Gasteiger partial charge in [-0.1, -0.05) is 12.1 Å². The number of rotatable bonds is 7. The van der Waals surface area contributed by atoms with Gasteiger partial charge in [0.25, 0.3) is 5.69 Å². The summed E-state index contributed by atoms with van der Waals surface area (Å²) in [4.78, 5) is 35.1. The lowest BCUT2D eigenvalue weighted by molar-refractivity contribution is -0.384. The molecule has 8 heteroatoms. The third-order valence-corrected chi connectivity index (χ3v) is 3.86.